The van der Waals surface area contributed by atoms with E-state index in [1.807, 2.05) is 55.5 Å². The fourth-order valence-corrected chi connectivity index (χ4v) is 2.70. The smallest absolute Gasteiger partial charge is 0.270 e. The summed E-state index contributed by atoms with van der Waals surface area (Å²) < 4.78 is 10.3. The van der Waals surface area contributed by atoms with Crippen molar-refractivity contribution in [2.45, 2.75) is 20.0 Å². The Labute approximate surface area is 170 Å². The zero-order chi connectivity index (χ0) is 20.6. The first kappa shape index (κ1) is 20.1. The van der Waals surface area contributed by atoms with Crippen LogP contribution >= 0.6 is 0 Å². The second-order valence-corrected chi connectivity index (χ2v) is 6.45. The van der Waals surface area contributed by atoms with Crippen LogP contribution < -0.4 is 20.1 Å². The van der Waals surface area contributed by atoms with Crippen molar-refractivity contribution in [1.82, 2.24) is 15.3 Å². The minimum Gasteiger partial charge on any atom is -0.497 e. The van der Waals surface area contributed by atoms with Crippen LogP contribution in [0.5, 0.6) is 11.5 Å². The standard InChI is InChI=1S/C22H24N4O3/c1-15-12-20(21(27)23-13-16-4-8-18(28-2)9-5-16)26-22(25-15)24-14-17-6-10-19(29-3)11-7-17/h4-12H,13-14H2,1-3H3,(H,23,27)(H,24,25,26). The molecular weight excluding hydrogens is 368 g/mol. The maximum atomic E-state index is 12.5. The molecule has 1 aromatic heterocycles. The molecule has 0 aliphatic heterocycles. The van der Waals surface area contributed by atoms with Gasteiger partial charge in [0.1, 0.15) is 17.2 Å². The van der Waals surface area contributed by atoms with Crippen molar-refractivity contribution in [3.8, 4) is 11.5 Å². The van der Waals surface area contributed by atoms with Crippen LogP contribution in [0, 0.1) is 6.92 Å². The van der Waals surface area contributed by atoms with Crippen molar-refractivity contribution in [3.05, 3.63) is 77.1 Å². The SMILES string of the molecule is COc1ccc(CNC(=O)c2cc(C)nc(NCc3ccc(OC)cc3)n2)cc1. The molecule has 7 heteroatoms. The first-order valence-corrected chi connectivity index (χ1v) is 9.21. The molecule has 0 aliphatic rings. The van der Waals surface area contributed by atoms with E-state index in [0.717, 1.165) is 22.6 Å². The molecule has 2 aromatic carbocycles. The summed E-state index contributed by atoms with van der Waals surface area (Å²) in [6.45, 7) is 2.78. The molecule has 150 valence electrons. The number of nitrogens with zero attached hydrogens (tertiary/aromatic N) is 2. The average molecular weight is 392 g/mol. The number of hydrogen-bond donors (Lipinski definition) is 2. The van der Waals surface area contributed by atoms with Gasteiger partial charge in [0.15, 0.2) is 0 Å². The van der Waals surface area contributed by atoms with Crippen molar-refractivity contribution in [3.63, 3.8) is 0 Å². The van der Waals surface area contributed by atoms with Crippen LogP contribution in [-0.2, 0) is 13.1 Å². The van der Waals surface area contributed by atoms with Gasteiger partial charge in [0.2, 0.25) is 5.95 Å². The lowest BCUT2D eigenvalue weighted by molar-refractivity contribution is 0.0945. The highest BCUT2D eigenvalue weighted by Gasteiger charge is 2.11. The molecule has 0 saturated carbocycles. The molecule has 2 N–H and O–H groups in total. The number of nitrogens with one attached hydrogen (secondary N) is 2. The van der Waals surface area contributed by atoms with Crippen molar-refractivity contribution in [2.75, 3.05) is 19.5 Å². The highest BCUT2D eigenvalue weighted by Crippen LogP contribution is 2.13. The van der Waals surface area contributed by atoms with Crippen LogP contribution in [0.1, 0.15) is 27.3 Å². The second kappa shape index (κ2) is 9.54. The number of amides is 1. The third-order valence-electron chi connectivity index (χ3n) is 4.31. The van der Waals surface area contributed by atoms with Crippen molar-refractivity contribution in [1.29, 1.82) is 0 Å². The summed E-state index contributed by atoms with van der Waals surface area (Å²) in [6, 6.07) is 16.9. The van der Waals surface area contributed by atoms with E-state index in [1.54, 1.807) is 20.3 Å². The maximum absolute atomic E-state index is 12.5. The third kappa shape index (κ3) is 5.68. The summed E-state index contributed by atoms with van der Waals surface area (Å²) in [5.74, 6) is 1.74. The number of aromatic nitrogens is 2. The molecule has 0 spiro atoms. The number of carbonyl (C=O) groups excluding carboxylic acids is 1. The number of methoxy groups -OCH3 is 2. The van der Waals surface area contributed by atoms with Gasteiger partial charge in [-0.1, -0.05) is 24.3 Å². The fourth-order valence-electron chi connectivity index (χ4n) is 2.70. The molecule has 3 aromatic rings. The van der Waals surface area contributed by atoms with Crippen LogP contribution in [0.15, 0.2) is 54.6 Å². The molecule has 1 heterocycles. The molecule has 3 rings (SSSR count). The van der Waals surface area contributed by atoms with Gasteiger partial charge in [-0.15, -0.1) is 0 Å². The van der Waals surface area contributed by atoms with Crippen LogP contribution in [0.25, 0.3) is 0 Å². The zero-order valence-electron chi connectivity index (χ0n) is 16.7. The van der Waals surface area contributed by atoms with E-state index < -0.39 is 0 Å². The van der Waals surface area contributed by atoms with Crippen LogP contribution in [0.4, 0.5) is 5.95 Å². The number of ether oxygens (including phenoxy) is 2. The summed E-state index contributed by atoms with van der Waals surface area (Å²) in [4.78, 5) is 21.2. The lowest BCUT2D eigenvalue weighted by atomic mass is 10.2. The molecule has 7 nitrogen and oxygen atoms in total. The number of rotatable bonds is 8. The lowest BCUT2D eigenvalue weighted by Crippen LogP contribution is -2.24. The van der Waals surface area contributed by atoms with Crippen molar-refractivity contribution in [2.24, 2.45) is 0 Å². The Bertz CT molecular complexity index is 957. The van der Waals surface area contributed by atoms with Gasteiger partial charge in [-0.2, -0.15) is 0 Å². The van der Waals surface area contributed by atoms with Crippen molar-refractivity contribution < 1.29 is 14.3 Å². The normalized spacial score (nSPS) is 10.3. The summed E-state index contributed by atoms with van der Waals surface area (Å²) in [7, 11) is 3.25. The predicted octanol–water partition coefficient (Wildman–Crippen LogP) is 3.34. The van der Waals surface area contributed by atoms with E-state index in [0.29, 0.717) is 30.4 Å². The molecule has 29 heavy (non-hydrogen) atoms. The van der Waals surface area contributed by atoms with E-state index in [9.17, 15) is 4.79 Å². The second-order valence-electron chi connectivity index (χ2n) is 6.45. The van der Waals surface area contributed by atoms with Crippen LogP contribution in [-0.4, -0.2) is 30.1 Å². The molecule has 0 unspecified atom stereocenters. The van der Waals surface area contributed by atoms with Crippen LogP contribution in [0.3, 0.4) is 0 Å². The average Bonchev–Trinajstić information content (AvgIpc) is 2.76. The Morgan fingerprint density at radius 1 is 0.862 bits per heavy atom. The predicted molar refractivity (Wildman–Crippen MR) is 111 cm³/mol. The number of aryl methyl sites for hydroxylation is 1. The number of carbonyl (C=O) groups is 1. The minimum absolute atomic E-state index is 0.251. The van der Waals surface area contributed by atoms with Gasteiger partial charge in [0, 0.05) is 18.8 Å². The third-order valence-corrected chi connectivity index (χ3v) is 4.31. The van der Waals surface area contributed by atoms with E-state index in [2.05, 4.69) is 20.6 Å². The Balaban J connectivity index is 1.61. The Morgan fingerprint density at radius 2 is 1.41 bits per heavy atom. The van der Waals surface area contributed by atoms with Gasteiger partial charge in [0.05, 0.1) is 14.2 Å². The van der Waals surface area contributed by atoms with Gasteiger partial charge in [0.25, 0.3) is 5.91 Å². The van der Waals surface area contributed by atoms with Crippen LogP contribution in [0.2, 0.25) is 0 Å². The maximum Gasteiger partial charge on any atom is 0.270 e. The minimum atomic E-state index is -0.251. The molecule has 1 amide bonds. The van der Waals surface area contributed by atoms with Gasteiger partial charge in [-0.3, -0.25) is 4.79 Å². The largest absolute Gasteiger partial charge is 0.497 e. The molecule has 0 atom stereocenters. The van der Waals surface area contributed by atoms with Crippen molar-refractivity contribution >= 4 is 11.9 Å². The summed E-state index contributed by atoms with van der Waals surface area (Å²) in [5, 5.41) is 6.05. The van der Waals surface area contributed by atoms with Gasteiger partial charge in [-0.25, -0.2) is 9.97 Å². The van der Waals surface area contributed by atoms with E-state index in [-0.39, 0.29) is 5.91 Å². The summed E-state index contributed by atoms with van der Waals surface area (Å²) in [5.41, 5.74) is 3.07. The first-order valence-electron chi connectivity index (χ1n) is 9.21. The lowest BCUT2D eigenvalue weighted by Gasteiger charge is -2.10. The monoisotopic (exact) mass is 392 g/mol. The summed E-state index contributed by atoms with van der Waals surface area (Å²) >= 11 is 0. The first-order chi connectivity index (χ1) is 14.1. The van der Waals surface area contributed by atoms with E-state index in [4.69, 9.17) is 9.47 Å². The van der Waals surface area contributed by atoms with E-state index >= 15 is 0 Å². The molecule has 0 saturated heterocycles. The quantitative estimate of drug-likeness (QED) is 0.612. The Hall–Kier alpha value is -3.61. The fraction of sp³-hybridized carbons (Fsp3) is 0.227. The molecule has 0 fully saturated rings. The van der Waals surface area contributed by atoms with Gasteiger partial charge < -0.3 is 20.1 Å². The van der Waals surface area contributed by atoms with Gasteiger partial charge >= 0.3 is 0 Å². The Morgan fingerprint density at radius 3 is 1.97 bits per heavy atom. The highest BCUT2D eigenvalue weighted by atomic mass is 16.5. The molecule has 0 radical (unpaired) electrons. The topological polar surface area (TPSA) is 85.4 Å². The Kier molecular flexibility index (Phi) is 6.63. The highest BCUT2D eigenvalue weighted by molar-refractivity contribution is 5.92. The van der Waals surface area contributed by atoms with E-state index in [1.165, 1.54) is 0 Å². The van der Waals surface area contributed by atoms with Gasteiger partial charge in [-0.05, 0) is 48.4 Å². The zero-order valence-corrected chi connectivity index (χ0v) is 16.7. The molecular formula is C22H24N4O3. The number of benzene rings is 2. The molecule has 0 aliphatic carbocycles. The number of hydrogen-bond acceptors (Lipinski definition) is 6. The molecule has 0 bridgehead atoms. The number of anilines is 1. The summed E-state index contributed by atoms with van der Waals surface area (Å²) in [6.07, 6.45) is 0.